The fourth-order valence-corrected chi connectivity index (χ4v) is 3.73. The quantitative estimate of drug-likeness (QED) is 0.252. The third-order valence-corrected chi connectivity index (χ3v) is 5.72. The van der Waals surface area contributed by atoms with Crippen molar-refractivity contribution in [1.82, 2.24) is 0 Å². The first-order chi connectivity index (χ1) is 12.5. The van der Waals surface area contributed by atoms with Crippen LogP contribution in [0.3, 0.4) is 0 Å². The van der Waals surface area contributed by atoms with Gasteiger partial charge in [0, 0.05) is 5.75 Å². The minimum absolute atomic E-state index is 0.162. The van der Waals surface area contributed by atoms with Gasteiger partial charge in [-0.05, 0) is 59.5 Å². The van der Waals surface area contributed by atoms with Crippen molar-refractivity contribution in [2.75, 3.05) is 5.75 Å². The van der Waals surface area contributed by atoms with Gasteiger partial charge in [-0.3, -0.25) is 0 Å². The van der Waals surface area contributed by atoms with E-state index in [0.29, 0.717) is 0 Å². The van der Waals surface area contributed by atoms with E-state index in [2.05, 4.69) is 87.7 Å². The molecule has 0 saturated heterocycles. The zero-order chi connectivity index (χ0) is 18.6. The molecule has 26 heavy (non-hydrogen) atoms. The lowest BCUT2D eigenvalue weighted by Crippen LogP contribution is -2.23. The summed E-state index contributed by atoms with van der Waals surface area (Å²) in [6.45, 7) is 10.1. The number of ether oxygens (including phenoxy) is 1. The first kappa shape index (κ1) is 18.6. The largest absolute Gasteiger partial charge is 0.483 e. The molecule has 0 spiro atoms. The molecule has 0 aliphatic carbocycles. The Kier molecular flexibility index (Phi) is 5.76. The average molecular weight is 363 g/mol. The van der Waals surface area contributed by atoms with E-state index < -0.39 is 0 Å². The lowest BCUT2D eigenvalue weighted by Gasteiger charge is -2.25. The van der Waals surface area contributed by atoms with Crippen molar-refractivity contribution < 1.29 is 4.74 Å². The molecule has 3 aromatic rings. The zero-order valence-corrected chi connectivity index (χ0v) is 16.7. The molecule has 0 amide bonds. The minimum atomic E-state index is -0.162. The molecular weight excluding hydrogens is 336 g/mol. The maximum Gasteiger partial charge on any atom is 0.148 e. The van der Waals surface area contributed by atoms with Crippen LogP contribution in [0.5, 0.6) is 0 Å². The molecule has 1 nitrogen and oxygen atoms in total. The van der Waals surface area contributed by atoms with Crippen LogP contribution in [-0.2, 0) is 10.5 Å². The van der Waals surface area contributed by atoms with Gasteiger partial charge in [-0.15, -0.1) is 11.8 Å². The second kappa shape index (κ2) is 8.03. The first-order valence-corrected chi connectivity index (χ1v) is 10.2. The van der Waals surface area contributed by atoms with Crippen molar-refractivity contribution in [1.29, 1.82) is 0 Å². The van der Waals surface area contributed by atoms with E-state index in [1.54, 1.807) is 0 Å². The van der Waals surface area contributed by atoms with Crippen molar-refractivity contribution >= 4 is 33.3 Å². The average Bonchev–Trinajstić information content (AvgIpc) is 2.65. The van der Waals surface area contributed by atoms with E-state index in [-0.39, 0.29) is 5.60 Å². The van der Waals surface area contributed by atoms with Crippen LogP contribution in [0.15, 0.2) is 72.7 Å². The molecule has 0 radical (unpaired) electrons. The van der Waals surface area contributed by atoms with Crippen molar-refractivity contribution in [2.45, 2.75) is 38.5 Å². The van der Waals surface area contributed by atoms with Crippen LogP contribution >= 0.6 is 11.8 Å². The SMILES string of the molecule is C=C=C(CSCc1ccc2cc3ccccc3cc2c1)OC(C)(C)CC. The monoisotopic (exact) mass is 362 g/mol. The van der Waals surface area contributed by atoms with Gasteiger partial charge in [-0.2, -0.15) is 0 Å². The van der Waals surface area contributed by atoms with Crippen LogP contribution in [0, 0.1) is 0 Å². The van der Waals surface area contributed by atoms with E-state index in [0.717, 1.165) is 23.7 Å². The Bertz CT molecular complexity index is 964. The van der Waals surface area contributed by atoms with Crippen molar-refractivity contribution in [3.63, 3.8) is 0 Å². The van der Waals surface area contributed by atoms with Crippen molar-refractivity contribution in [3.05, 3.63) is 78.2 Å². The highest BCUT2D eigenvalue weighted by atomic mass is 32.2. The zero-order valence-electron chi connectivity index (χ0n) is 15.8. The molecule has 0 atom stereocenters. The van der Waals surface area contributed by atoms with Gasteiger partial charge in [0.1, 0.15) is 11.4 Å². The van der Waals surface area contributed by atoms with Gasteiger partial charge >= 0.3 is 0 Å². The molecule has 0 aromatic heterocycles. The summed E-state index contributed by atoms with van der Waals surface area (Å²) in [7, 11) is 0. The van der Waals surface area contributed by atoms with Gasteiger partial charge < -0.3 is 4.74 Å². The molecule has 0 heterocycles. The topological polar surface area (TPSA) is 9.23 Å². The normalized spacial score (nSPS) is 11.5. The maximum atomic E-state index is 6.01. The number of thioether (sulfide) groups is 1. The summed E-state index contributed by atoms with van der Waals surface area (Å²) in [5, 5.41) is 5.16. The van der Waals surface area contributed by atoms with E-state index in [4.69, 9.17) is 4.74 Å². The standard InChI is InChI=1S/C24H26OS/c1-5-23(25-24(3,4)6-2)17-26-16-18-11-12-21-14-19-9-7-8-10-20(19)15-22(21)13-18/h7-15H,1,6,16-17H2,2-4H3. The lowest BCUT2D eigenvalue weighted by molar-refractivity contribution is 0.0343. The summed E-state index contributed by atoms with van der Waals surface area (Å²) in [6, 6.07) is 19.8. The summed E-state index contributed by atoms with van der Waals surface area (Å²) < 4.78 is 6.01. The highest BCUT2D eigenvalue weighted by Gasteiger charge is 2.17. The summed E-state index contributed by atoms with van der Waals surface area (Å²) in [5.41, 5.74) is 4.12. The van der Waals surface area contributed by atoms with Crippen LogP contribution in [0.25, 0.3) is 21.5 Å². The number of hydrogen-bond acceptors (Lipinski definition) is 2. The third-order valence-electron chi connectivity index (χ3n) is 4.72. The van der Waals surface area contributed by atoms with Gasteiger partial charge in [0.25, 0.3) is 0 Å². The molecule has 0 bridgehead atoms. The smallest absolute Gasteiger partial charge is 0.148 e. The van der Waals surface area contributed by atoms with E-state index >= 15 is 0 Å². The summed E-state index contributed by atoms with van der Waals surface area (Å²) in [4.78, 5) is 0. The van der Waals surface area contributed by atoms with Gasteiger partial charge in [0.2, 0.25) is 0 Å². The summed E-state index contributed by atoms with van der Waals surface area (Å²) >= 11 is 1.84. The Morgan fingerprint density at radius 1 is 1.00 bits per heavy atom. The molecule has 0 fully saturated rings. The minimum Gasteiger partial charge on any atom is -0.483 e. The van der Waals surface area contributed by atoms with Crippen molar-refractivity contribution in [3.8, 4) is 0 Å². The molecule has 0 unspecified atom stereocenters. The van der Waals surface area contributed by atoms with Gasteiger partial charge in [-0.25, -0.2) is 0 Å². The van der Waals surface area contributed by atoms with Crippen LogP contribution < -0.4 is 0 Å². The molecule has 2 heteroatoms. The predicted molar refractivity (Wildman–Crippen MR) is 116 cm³/mol. The highest BCUT2D eigenvalue weighted by Crippen LogP contribution is 2.26. The lowest BCUT2D eigenvalue weighted by atomic mass is 10.0. The number of benzene rings is 3. The van der Waals surface area contributed by atoms with E-state index in [1.807, 2.05) is 11.8 Å². The van der Waals surface area contributed by atoms with Crippen molar-refractivity contribution in [2.24, 2.45) is 0 Å². The molecule has 0 aliphatic heterocycles. The molecule has 0 N–H and O–H groups in total. The Hall–Kier alpha value is -2.15. The van der Waals surface area contributed by atoms with Crippen LogP contribution in [0.4, 0.5) is 0 Å². The Balaban J connectivity index is 1.69. The summed E-state index contributed by atoms with van der Waals surface area (Å²) in [5.74, 6) is 2.58. The fraction of sp³-hybridized carbons (Fsp3) is 0.292. The fourth-order valence-electron chi connectivity index (χ4n) is 2.86. The molecule has 3 rings (SSSR count). The first-order valence-electron chi connectivity index (χ1n) is 9.08. The predicted octanol–water partition coefficient (Wildman–Crippen LogP) is 7.10. The molecular formula is C24H26OS. The Labute approximate surface area is 160 Å². The molecule has 0 saturated carbocycles. The number of hydrogen-bond donors (Lipinski definition) is 0. The maximum absolute atomic E-state index is 6.01. The summed E-state index contributed by atoms with van der Waals surface area (Å²) in [6.07, 6.45) is 0.960. The van der Waals surface area contributed by atoms with E-state index in [9.17, 15) is 0 Å². The highest BCUT2D eigenvalue weighted by molar-refractivity contribution is 7.98. The van der Waals surface area contributed by atoms with Crippen LogP contribution in [0.2, 0.25) is 0 Å². The number of rotatable bonds is 7. The van der Waals surface area contributed by atoms with Crippen LogP contribution in [0.1, 0.15) is 32.8 Å². The Morgan fingerprint density at radius 2 is 1.65 bits per heavy atom. The van der Waals surface area contributed by atoms with Gasteiger partial charge in [0.05, 0.1) is 5.75 Å². The van der Waals surface area contributed by atoms with Crippen LogP contribution in [-0.4, -0.2) is 11.4 Å². The molecule has 0 aliphatic rings. The molecule has 3 aromatic carbocycles. The Morgan fingerprint density at radius 3 is 2.31 bits per heavy atom. The van der Waals surface area contributed by atoms with Gasteiger partial charge in [-0.1, -0.05) is 61.7 Å². The molecule has 134 valence electrons. The second-order valence-electron chi connectivity index (χ2n) is 7.19. The second-order valence-corrected chi connectivity index (χ2v) is 8.17. The van der Waals surface area contributed by atoms with E-state index in [1.165, 1.54) is 27.1 Å². The number of fused-ring (bicyclic) bond motifs is 2. The third kappa shape index (κ3) is 4.52. The van der Waals surface area contributed by atoms with Gasteiger partial charge in [0.15, 0.2) is 0 Å².